The van der Waals surface area contributed by atoms with Gasteiger partial charge < -0.3 is 11.1 Å². The van der Waals surface area contributed by atoms with Crippen molar-refractivity contribution >= 4 is 11.6 Å². The van der Waals surface area contributed by atoms with Gasteiger partial charge in [-0.25, -0.2) is 0 Å². The van der Waals surface area contributed by atoms with Crippen molar-refractivity contribution in [2.24, 2.45) is 5.73 Å². The van der Waals surface area contributed by atoms with Gasteiger partial charge in [-0.15, -0.1) is 0 Å². The molecule has 0 heterocycles. The van der Waals surface area contributed by atoms with Crippen LogP contribution in [0.1, 0.15) is 5.56 Å². The first-order valence-corrected chi connectivity index (χ1v) is 3.71. The summed E-state index contributed by atoms with van der Waals surface area (Å²) in [6.45, 7) is 3.76. The van der Waals surface area contributed by atoms with Crippen molar-refractivity contribution in [1.29, 1.82) is 5.41 Å². The molecule has 3 heteroatoms. The van der Waals surface area contributed by atoms with Crippen LogP contribution in [0.3, 0.4) is 0 Å². The second kappa shape index (κ2) is 3.76. The maximum atomic E-state index is 7.01. The zero-order chi connectivity index (χ0) is 8.97. The molecule has 0 spiro atoms. The van der Waals surface area contributed by atoms with E-state index in [2.05, 4.69) is 12.2 Å². The predicted molar refractivity (Wildman–Crippen MR) is 51.0 cm³/mol. The average Bonchev–Trinajstić information content (AvgIpc) is 2.03. The molecule has 3 nitrogen and oxygen atoms in total. The Morgan fingerprint density at radius 1 is 1.58 bits per heavy atom. The summed E-state index contributed by atoms with van der Waals surface area (Å²) in [5.41, 5.74) is 7.14. The largest absolute Gasteiger partial charge is 0.370 e. The van der Waals surface area contributed by atoms with Gasteiger partial charge in [-0.2, -0.15) is 0 Å². The summed E-state index contributed by atoms with van der Waals surface area (Å²) in [6, 6.07) is 7.68. The van der Waals surface area contributed by atoms with Gasteiger partial charge in [0, 0.05) is 5.69 Å². The number of hydrogen-bond acceptors (Lipinski definition) is 1. The number of rotatable bonds is 2. The Morgan fingerprint density at radius 2 is 2.33 bits per heavy atom. The van der Waals surface area contributed by atoms with Crippen molar-refractivity contribution in [2.75, 3.05) is 5.32 Å². The Hall–Kier alpha value is -1.51. The summed E-state index contributed by atoms with van der Waals surface area (Å²) < 4.78 is 0. The molecule has 63 valence electrons. The van der Waals surface area contributed by atoms with Gasteiger partial charge in [-0.1, -0.05) is 12.1 Å². The highest BCUT2D eigenvalue weighted by atomic mass is 15.0. The maximum absolute atomic E-state index is 7.01. The van der Waals surface area contributed by atoms with Crippen molar-refractivity contribution in [2.45, 2.75) is 6.42 Å². The zero-order valence-corrected chi connectivity index (χ0v) is 6.80. The van der Waals surface area contributed by atoms with Crippen LogP contribution in [0.15, 0.2) is 24.3 Å². The molecule has 0 aliphatic rings. The quantitative estimate of drug-likeness (QED) is 0.454. The number of nitrogens with one attached hydrogen (secondary N) is 2. The predicted octanol–water partition coefficient (Wildman–Crippen LogP) is 1.37. The van der Waals surface area contributed by atoms with E-state index in [0.717, 1.165) is 17.7 Å². The third-order valence-corrected chi connectivity index (χ3v) is 1.49. The Bertz CT molecular complexity index is 281. The van der Waals surface area contributed by atoms with Crippen LogP contribution in [0, 0.1) is 12.3 Å². The molecular weight excluding hydrogens is 150 g/mol. The SMILES string of the molecule is [CH2]Cc1cccc(NC(=N)N)c1. The van der Waals surface area contributed by atoms with E-state index >= 15 is 0 Å². The molecule has 0 aliphatic heterocycles. The molecule has 1 aromatic carbocycles. The molecule has 4 N–H and O–H groups in total. The fourth-order valence-electron chi connectivity index (χ4n) is 0.960. The average molecular weight is 162 g/mol. The first kappa shape index (κ1) is 8.59. The minimum absolute atomic E-state index is 0.0452. The maximum Gasteiger partial charge on any atom is 0.190 e. The van der Waals surface area contributed by atoms with Crippen LogP contribution >= 0.6 is 0 Å². The highest BCUT2D eigenvalue weighted by Gasteiger charge is 1.93. The van der Waals surface area contributed by atoms with E-state index in [1.807, 2.05) is 24.3 Å². The molecule has 0 saturated heterocycles. The second-order valence-electron chi connectivity index (χ2n) is 2.49. The zero-order valence-electron chi connectivity index (χ0n) is 6.80. The lowest BCUT2D eigenvalue weighted by Crippen LogP contribution is -2.20. The molecule has 0 atom stereocenters. The van der Waals surface area contributed by atoms with Gasteiger partial charge in [-0.3, -0.25) is 5.41 Å². The van der Waals surface area contributed by atoms with Crippen molar-refractivity contribution < 1.29 is 0 Å². The summed E-state index contributed by atoms with van der Waals surface area (Å²) in [7, 11) is 0. The van der Waals surface area contributed by atoms with E-state index in [9.17, 15) is 0 Å². The highest BCUT2D eigenvalue weighted by molar-refractivity contribution is 5.89. The molecule has 0 saturated carbocycles. The van der Waals surface area contributed by atoms with Gasteiger partial charge in [0.25, 0.3) is 0 Å². The third kappa shape index (κ3) is 2.27. The summed E-state index contributed by atoms with van der Waals surface area (Å²) in [6.07, 6.45) is 0.743. The van der Waals surface area contributed by atoms with Gasteiger partial charge >= 0.3 is 0 Å². The van der Waals surface area contributed by atoms with Crippen molar-refractivity contribution in [3.63, 3.8) is 0 Å². The smallest absolute Gasteiger partial charge is 0.190 e. The highest BCUT2D eigenvalue weighted by Crippen LogP contribution is 2.09. The third-order valence-electron chi connectivity index (χ3n) is 1.49. The first-order chi connectivity index (χ1) is 5.72. The summed E-state index contributed by atoms with van der Waals surface area (Å²) >= 11 is 0. The molecule has 0 fully saturated rings. The number of benzene rings is 1. The topological polar surface area (TPSA) is 61.9 Å². The number of hydrogen-bond donors (Lipinski definition) is 3. The van der Waals surface area contributed by atoms with Gasteiger partial charge in [-0.05, 0) is 31.0 Å². The standard InChI is InChI=1S/C9H12N3/c1-2-7-4-3-5-8(6-7)12-9(10)11/h3-6H,1-2H2,(H4,10,11,12). The second-order valence-corrected chi connectivity index (χ2v) is 2.49. The Labute approximate surface area is 72.1 Å². The molecule has 0 bridgehead atoms. The minimum Gasteiger partial charge on any atom is -0.370 e. The molecule has 12 heavy (non-hydrogen) atoms. The fourth-order valence-corrected chi connectivity index (χ4v) is 0.960. The van der Waals surface area contributed by atoms with Crippen LogP contribution in [-0.2, 0) is 6.42 Å². The van der Waals surface area contributed by atoms with E-state index in [-0.39, 0.29) is 5.96 Å². The molecule has 1 rings (SSSR count). The number of guanidine groups is 1. The van der Waals surface area contributed by atoms with Crippen LogP contribution in [0.2, 0.25) is 0 Å². The van der Waals surface area contributed by atoms with Crippen molar-refractivity contribution in [1.82, 2.24) is 0 Å². The van der Waals surface area contributed by atoms with Crippen LogP contribution in [0.25, 0.3) is 0 Å². The lowest BCUT2D eigenvalue weighted by molar-refractivity contribution is 1.27. The van der Waals surface area contributed by atoms with E-state index in [1.54, 1.807) is 0 Å². The minimum atomic E-state index is -0.0452. The molecule has 0 amide bonds. The van der Waals surface area contributed by atoms with Gasteiger partial charge in [0.05, 0.1) is 0 Å². The van der Waals surface area contributed by atoms with Gasteiger partial charge in [0.1, 0.15) is 0 Å². The summed E-state index contributed by atoms with van der Waals surface area (Å²) in [5, 5.41) is 9.72. The van der Waals surface area contributed by atoms with E-state index < -0.39 is 0 Å². The van der Waals surface area contributed by atoms with Crippen molar-refractivity contribution in [3.8, 4) is 0 Å². The lowest BCUT2D eigenvalue weighted by Gasteiger charge is -2.04. The van der Waals surface area contributed by atoms with E-state index in [0.29, 0.717) is 0 Å². The van der Waals surface area contributed by atoms with Crippen LogP contribution in [-0.4, -0.2) is 5.96 Å². The normalized spacial score (nSPS) is 9.42. The molecular formula is C9H12N3. The van der Waals surface area contributed by atoms with Crippen LogP contribution < -0.4 is 11.1 Å². The number of anilines is 1. The van der Waals surface area contributed by atoms with E-state index in [1.165, 1.54) is 0 Å². The van der Waals surface area contributed by atoms with Crippen LogP contribution in [0.5, 0.6) is 0 Å². The van der Waals surface area contributed by atoms with Crippen molar-refractivity contribution in [3.05, 3.63) is 36.8 Å². The summed E-state index contributed by atoms with van der Waals surface area (Å²) in [4.78, 5) is 0. The first-order valence-electron chi connectivity index (χ1n) is 3.71. The molecule has 1 radical (unpaired) electrons. The number of nitrogens with two attached hydrogens (primary N) is 1. The van der Waals surface area contributed by atoms with Gasteiger partial charge in [0.15, 0.2) is 5.96 Å². The Kier molecular flexibility index (Phi) is 2.69. The Balaban J connectivity index is 2.79. The van der Waals surface area contributed by atoms with E-state index in [4.69, 9.17) is 11.1 Å². The Morgan fingerprint density at radius 3 is 2.92 bits per heavy atom. The molecule has 0 aromatic heterocycles. The van der Waals surface area contributed by atoms with Gasteiger partial charge in [0.2, 0.25) is 0 Å². The molecule has 1 aromatic rings. The molecule has 0 aliphatic carbocycles. The fraction of sp³-hybridized carbons (Fsp3) is 0.111. The summed E-state index contributed by atoms with van der Waals surface area (Å²) in [5.74, 6) is -0.0452. The monoisotopic (exact) mass is 162 g/mol. The lowest BCUT2D eigenvalue weighted by atomic mass is 10.1. The van der Waals surface area contributed by atoms with Crippen LogP contribution in [0.4, 0.5) is 5.69 Å². The molecule has 0 unspecified atom stereocenters.